The van der Waals surface area contributed by atoms with Gasteiger partial charge in [0.05, 0.1) is 6.57 Å². The van der Waals surface area contributed by atoms with Crippen molar-refractivity contribution in [3.05, 3.63) is 76.9 Å². The monoisotopic (exact) mass is 390 g/mol. The van der Waals surface area contributed by atoms with E-state index in [1.165, 1.54) is 10.5 Å². The van der Waals surface area contributed by atoms with Gasteiger partial charge in [-0.15, -0.1) is 0 Å². The molecule has 0 aliphatic heterocycles. The van der Waals surface area contributed by atoms with Crippen LogP contribution in [0.5, 0.6) is 0 Å². The third-order valence-corrected chi connectivity index (χ3v) is 5.99. The molecule has 4 nitrogen and oxygen atoms in total. The van der Waals surface area contributed by atoms with E-state index >= 15 is 0 Å². The van der Waals surface area contributed by atoms with E-state index in [0.717, 1.165) is 22.6 Å². The number of carboxylic acids is 1. The molecule has 0 aliphatic rings. The molecule has 0 radical (unpaired) electrons. The molecule has 0 aliphatic carbocycles. The van der Waals surface area contributed by atoms with E-state index < -0.39 is 5.97 Å². The predicted molar refractivity (Wildman–Crippen MR) is 113 cm³/mol. The summed E-state index contributed by atoms with van der Waals surface area (Å²) in [5.41, 5.74) is 3.91. The Morgan fingerprint density at radius 3 is 2.36 bits per heavy atom. The van der Waals surface area contributed by atoms with E-state index in [1.807, 2.05) is 43.3 Å². The molecule has 0 fully saturated rings. The minimum Gasteiger partial charge on any atom is -0.477 e. The molecule has 0 amide bonds. The van der Waals surface area contributed by atoms with Crippen molar-refractivity contribution in [3.63, 3.8) is 0 Å². The van der Waals surface area contributed by atoms with Crippen LogP contribution >= 0.6 is 11.8 Å². The normalized spacial score (nSPS) is 10.6. The summed E-state index contributed by atoms with van der Waals surface area (Å²) in [5.74, 6) is -1.02. The van der Waals surface area contributed by atoms with Crippen LogP contribution in [0.25, 0.3) is 16.0 Å². The van der Waals surface area contributed by atoms with Crippen LogP contribution in [0.1, 0.15) is 35.6 Å². The zero-order valence-electron chi connectivity index (χ0n) is 16.2. The average molecular weight is 391 g/mol. The van der Waals surface area contributed by atoms with Gasteiger partial charge in [-0.1, -0.05) is 55.9 Å². The highest BCUT2D eigenvalue weighted by atomic mass is 32.2. The number of aromatic carboxylic acids is 1. The van der Waals surface area contributed by atoms with Gasteiger partial charge in [-0.3, -0.25) is 0 Å². The molecule has 2 aromatic carbocycles. The second-order valence-corrected chi connectivity index (χ2v) is 7.55. The molecule has 0 saturated heterocycles. The first-order valence-corrected chi connectivity index (χ1v) is 10.0. The molecule has 1 heterocycles. The van der Waals surface area contributed by atoms with Gasteiger partial charge in [0, 0.05) is 28.1 Å². The van der Waals surface area contributed by atoms with Crippen molar-refractivity contribution in [2.75, 3.05) is 0 Å². The quantitative estimate of drug-likeness (QED) is 0.509. The fraction of sp³-hybridized carbons (Fsp3) is 0.217. The van der Waals surface area contributed by atoms with Crippen molar-refractivity contribution in [2.45, 2.75) is 36.5 Å². The van der Waals surface area contributed by atoms with Crippen LogP contribution in [0.15, 0.2) is 58.3 Å². The van der Waals surface area contributed by atoms with Crippen LogP contribution in [0.2, 0.25) is 0 Å². The second kappa shape index (κ2) is 8.37. The maximum absolute atomic E-state index is 11.9. The van der Waals surface area contributed by atoms with E-state index in [2.05, 4.69) is 23.9 Å². The SMILES string of the molecule is [C-]#[N+]c1c(-c2ccc(Sc3ccccc3CC)cc2)c(C(=O)O)n(C)c1CC. The average Bonchev–Trinajstić information content (AvgIpc) is 3.00. The van der Waals surface area contributed by atoms with Crippen LogP contribution in [0.4, 0.5) is 5.69 Å². The molecule has 0 saturated carbocycles. The Balaban J connectivity index is 2.03. The highest BCUT2D eigenvalue weighted by Crippen LogP contribution is 2.40. The van der Waals surface area contributed by atoms with Crippen molar-refractivity contribution in [1.82, 2.24) is 4.57 Å². The molecule has 0 unspecified atom stereocenters. The number of benzene rings is 2. The molecule has 3 rings (SSSR count). The van der Waals surface area contributed by atoms with Crippen LogP contribution < -0.4 is 0 Å². The minimum atomic E-state index is -1.02. The summed E-state index contributed by atoms with van der Waals surface area (Å²) >= 11 is 1.69. The maximum Gasteiger partial charge on any atom is 0.351 e. The topological polar surface area (TPSA) is 46.6 Å². The lowest BCUT2D eigenvalue weighted by Gasteiger charge is -2.09. The highest BCUT2D eigenvalue weighted by molar-refractivity contribution is 7.99. The molecule has 0 bridgehead atoms. The Hall–Kier alpha value is -2.97. The van der Waals surface area contributed by atoms with E-state index in [0.29, 0.717) is 17.7 Å². The lowest BCUT2D eigenvalue weighted by molar-refractivity contribution is 0.0687. The fourth-order valence-corrected chi connectivity index (χ4v) is 4.50. The van der Waals surface area contributed by atoms with E-state index in [4.69, 9.17) is 6.57 Å². The van der Waals surface area contributed by atoms with Crippen molar-refractivity contribution < 1.29 is 9.90 Å². The van der Waals surface area contributed by atoms with Gasteiger partial charge in [-0.2, -0.15) is 0 Å². The first-order valence-electron chi connectivity index (χ1n) is 9.20. The second-order valence-electron chi connectivity index (χ2n) is 6.44. The van der Waals surface area contributed by atoms with E-state index in [9.17, 15) is 9.90 Å². The lowest BCUT2D eigenvalue weighted by atomic mass is 10.0. The van der Waals surface area contributed by atoms with Gasteiger partial charge in [0.1, 0.15) is 5.69 Å². The van der Waals surface area contributed by atoms with Crippen molar-refractivity contribution in [2.24, 2.45) is 7.05 Å². The minimum absolute atomic E-state index is 0.166. The van der Waals surface area contributed by atoms with E-state index in [-0.39, 0.29) is 5.69 Å². The van der Waals surface area contributed by atoms with Crippen LogP contribution in [-0.4, -0.2) is 15.6 Å². The molecular weight excluding hydrogens is 368 g/mol. The van der Waals surface area contributed by atoms with Crippen molar-refractivity contribution >= 4 is 23.4 Å². The summed E-state index contributed by atoms with van der Waals surface area (Å²) in [4.78, 5) is 17.8. The predicted octanol–water partition coefficient (Wildman–Crippen LogP) is 6.22. The summed E-state index contributed by atoms with van der Waals surface area (Å²) in [6.07, 6.45) is 1.58. The number of aryl methyl sites for hydroxylation is 1. The summed E-state index contributed by atoms with van der Waals surface area (Å²) in [6, 6.07) is 16.1. The molecule has 0 atom stereocenters. The van der Waals surface area contributed by atoms with Crippen LogP contribution in [-0.2, 0) is 19.9 Å². The van der Waals surface area contributed by atoms with Crippen molar-refractivity contribution in [3.8, 4) is 11.1 Å². The number of nitrogens with zero attached hydrogens (tertiary/aromatic N) is 2. The smallest absolute Gasteiger partial charge is 0.351 e. The van der Waals surface area contributed by atoms with Crippen molar-refractivity contribution in [1.29, 1.82) is 0 Å². The number of hydrogen-bond acceptors (Lipinski definition) is 2. The molecule has 28 heavy (non-hydrogen) atoms. The fourth-order valence-electron chi connectivity index (χ4n) is 3.48. The summed E-state index contributed by atoms with van der Waals surface area (Å²) < 4.78 is 1.63. The molecule has 1 N–H and O–H groups in total. The first kappa shape index (κ1) is 19.8. The number of carboxylic acid groups (broad SMARTS) is 1. The zero-order valence-corrected chi connectivity index (χ0v) is 17.0. The van der Waals surface area contributed by atoms with Gasteiger partial charge in [0.15, 0.2) is 0 Å². The Morgan fingerprint density at radius 1 is 1.11 bits per heavy atom. The number of hydrogen-bond donors (Lipinski definition) is 1. The summed E-state index contributed by atoms with van der Waals surface area (Å²) in [7, 11) is 1.71. The Labute approximate surface area is 169 Å². The Kier molecular flexibility index (Phi) is 5.91. The largest absolute Gasteiger partial charge is 0.477 e. The van der Waals surface area contributed by atoms with Gasteiger partial charge in [-0.25, -0.2) is 9.64 Å². The van der Waals surface area contributed by atoms with Gasteiger partial charge >= 0.3 is 5.97 Å². The third-order valence-electron chi connectivity index (χ3n) is 4.86. The molecule has 0 spiro atoms. The third kappa shape index (κ3) is 3.56. The number of carbonyl (C=O) groups is 1. The standard InChI is InChI=1S/C23H22N2O2S/c1-5-15-9-7-8-10-19(15)28-17-13-11-16(12-14-17)20-21(24-3)18(6-2)25(4)22(20)23(26)27/h7-14H,5-6H2,1-2,4H3,(H,26,27). The summed E-state index contributed by atoms with van der Waals surface area (Å²) in [5, 5.41) is 9.72. The van der Waals surface area contributed by atoms with Gasteiger partial charge in [0.25, 0.3) is 0 Å². The highest BCUT2D eigenvalue weighted by Gasteiger charge is 2.25. The van der Waals surface area contributed by atoms with Crippen LogP contribution in [0.3, 0.4) is 0 Å². The Bertz CT molecular complexity index is 1060. The number of rotatable bonds is 6. The van der Waals surface area contributed by atoms with Gasteiger partial charge in [0.2, 0.25) is 5.69 Å². The Morgan fingerprint density at radius 2 is 1.79 bits per heavy atom. The lowest BCUT2D eigenvalue weighted by Crippen LogP contribution is -2.07. The zero-order chi connectivity index (χ0) is 20.3. The first-order chi connectivity index (χ1) is 13.5. The molecule has 1 aromatic heterocycles. The maximum atomic E-state index is 11.9. The molecule has 5 heteroatoms. The molecule has 142 valence electrons. The summed E-state index contributed by atoms with van der Waals surface area (Å²) in [6.45, 7) is 11.7. The van der Waals surface area contributed by atoms with Gasteiger partial charge in [-0.05, 0) is 42.2 Å². The molecular formula is C23H22N2O2S. The number of aromatic nitrogens is 1. The van der Waals surface area contributed by atoms with Crippen LogP contribution in [0, 0.1) is 6.57 Å². The van der Waals surface area contributed by atoms with Gasteiger partial charge < -0.3 is 9.67 Å². The molecule has 3 aromatic rings. The van der Waals surface area contributed by atoms with E-state index in [1.54, 1.807) is 23.4 Å².